The van der Waals surface area contributed by atoms with Gasteiger partial charge in [0, 0.05) is 5.56 Å². The minimum absolute atomic E-state index is 0.147. The lowest BCUT2D eigenvalue weighted by molar-refractivity contribution is 0.476. The van der Waals surface area contributed by atoms with Crippen molar-refractivity contribution in [3.63, 3.8) is 0 Å². The van der Waals surface area contributed by atoms with Gasteiger partial charge in [-0.2, -0.15) is 0 Å². The molecule has 3 aromatic carbocycles. The minimum atomic E-state index is -0.147. The molecule has 4 nitrogen and oxygen atoms in total. The van der Waals surface area contributed by atoms with E-state index in [0.29, 0.717) is 16.7 Å². The Balaban J connectivity index is 1.94. The number of aromatic hydroxyl groups is 1. The van der Waals surface area contributed by atoms with Gasteiger partial charge in [-0.15, -0.1) is 0 Å². The van der Waals surface area contributed by atoms with Gasteiger partial charge in [0.15, 0.2) is 0 Å². The molecule has 22 heavy (non-hydrogen) atoms. The number of H-pyrrole nitrogens is 1. The third-order valence-electron chi connectivity index (χ3n) is 3.71. The summed E-state index contributed by atoms with van der Waals surface area (Å²) in [5.74, 6) is 0.774. The molecule has 106 valence electrons. The zero-order valence-electron chi connectivity index (χ0n) is 11.6. The fraction of sp³-hybridized carbons (Fsp3) is 0. The SMILES string of the molecule is O=c1[nH]c(-c2ccc3cc(O)ccc3c2)nc2ccccc12. The molecule has 0 aliphatic rings. The lowest BCUT2D eigenvalue weighted by atomic mass is 10.1. The molecule has 0 fully saturated rings. The molecule has 0 aliphatic heterocycles. The molecule has 0 saturated carbocycles. The summed E-state index contributed by atoms with van der Waals surface area (Å²) < 4.78 is 0. The molecule has 0 radical (unpaired) electrons. The molecule has 4 aromatic rings. The first kappa shape index (κ1) is 12.6. The average Bonchev–Trinajstić information content (AvgIpc) is 2.54. The van der Waals surface area contributed by atoms with Gasteiger partial charge in [0.1, 0.15) is 11.6 Å². The highest BCUT2D eigenvalue weighted by atomic mass is 16.3. The third-order valence-corrected chi connectivity index (χ3v) is 3.71. The maximum absolute atomic E-state index is 12.2. The molecule has 1 aromatic heterocycles. The molecular formula is C18H12N2O2. The number of hydrogen-bond acceptors (Lipinski definition) is 3. The third kappa shape index (κ3) is 2.02. The Morgan fingerprint density at radius 2 is 1.68 bits per heavy atom. The summed E-state index contributed by atoms with van der Waals surface area (Å²) in [6, 6.07) is 18.2. The highest BCUT2D eigenvalue weighted by Gasteiger charge is 2.06. The quantitative estimate of drug-likeness (QED) is 0.564. The number of aromatic amines is 1. The number of fused-ring (bicyclic) bond motifs is 2. The summed E-state index contributed by atoms with van der Waals surface area (Å²) in [6.45, 7) is 0. The van der Waals surface area contributed by atoms with Crippen molar-refractivity contribution in [2.75, 3.05) is 0 Å². The van der Waals surface area contributed by atoms with E-state index >= 15 is 0 Å². The van der Waals surface area contributed by atoms with Gasteiger partial charge in [0.25, 0.3) is 5.56 Å². The van der Waals surface area contributed by atoms with Gasteiger partial charge in [-0.1, -0.05) is 30.3 Å². The Morgan fingerprint density at radius 3 is 2.59 bits per heavy atom. The first-order chi connectivity index (χ1) is 10.7. The predicted octanol–water partition coefficient (Wildman–Crippen LogP) is 3.45. The molecule has 1 heterocycles. The van der Waals surface area contributed by atoms with Gasteiger partial charge < -0.3 is 10.1 Å². The fourth-order valence-corrected chi connectivity index (χ4v) is 2.60. The van der Waals surface area contributed by atoms with Crippen molar-refractivity contribution < 1.29 is 5.11 Å². The smallest absolute Gasteiger partial charge is 0.259 e. The number of phenols is 1. The molecule has 0 bridgehead atoms. The zero-order chi connectivity index (χ0) is 15.1. The molecule has 0 atom stereocenters. The number of nitrogens with one attached hydrogen (secondary N) is 1. The Morgan fingerprint density at radius 1 is 0.909 bits per heavy atom. The fourth-order valence-electron chi connectivity index (χ4n) is 2.60. The van der Waals surface area contributed by atoms with E-state index in [-0.39, 0.29) is 11.3 Å². The van der Waals surface area contributed by atoms with E-state index in [1.54, 1.807) is 18.2 Å². The summed E-state index contributed by atoms with van der Waals surface area (Å²) >= 11 is 0. The van der Waals surface area contributed by atoms with Crippen LogP contribution in [0.15, 0.2) is 65.5 Å². The molecule has 2 N–H and O–H groups in total. The number of nitrogens with zero attached hydrogens (tertiary/aromatic N) is 1. The van der Waals surface area contributed by atoms with Gasteiger partial charge in [-0.3, -0.25) is 4.79 Å². The number of benzene rings is 3. The van der Waals surface area contributed by atoms with Gasteiger partial charge in [0.2, 0.25) is 0 Å². The molecule has 4 rings (SSSR count). The average molecular weight is 288 g/mol. The van der Waals surface area contributed by atoms with Crippen LogP contribution in [0.4, 0.5) is 0 Å². The van der Waals surface area contributed by atoms with Crippen molar-refractivity contribution in [1.82, 2.24) is 9.97 Å². The van der Waals surface area contributed by atoms with Crippen LogP contribution >= 0.6 is 0 Å². The Kier molecular flexibility index (Phi) is 2.69. The molecule has 0 aliphatic carbocycles. The second kappa shape index (κ2) is 4.70. The molecule has 0 unspecified atom stereocenters. The monoisotopic (exact) mass is 288 g/mol. The van der Waals surface area contributed by atoms with Crippen LogP contribution in [0.3, 0.4) is 0 Å². The minimum Gasteiger partial charge on any atom is -0.508 e. The van der Waals surface area contributed by atoms with Crippen LogP contribution in [-0.2, 0) is 0 Å². The van der Waals surface area contributed by atoms with Crippen molar-refractivity contribution in [3.8, 4) is 17.1 Å². The second-order valence-electron chi connectivity index (χ2n) is 5.18. The van der Waals surface area contributed by atoms with Crippen LogP contribution in [0.5, 0.6) is 5.75 Å². The van der Waals surface area contributed by atoms with E-state index in [2.05, 4.69) is 9.97 Å². The summed E-state index contributed by atoms with van der Waals surface area (Å²) in [7, 11) is 0. The lowest BCUT2D eigenvalue weighted by Crippen LogP contribution is -2.09. The zero-order valence-corrected chi connectivity index (χ0v) is 11.6. The van der Waals surface area contributed by atoms with Crippen LogP contribution in [-0.4, -0.2) is 15.1 Å². The van der Waals surface area contributed by atoms with E-state index in [9.17, 15) is 9.90 Å². The van der Waals surface area contributed by atoms with Gasteiger partial charge in [0.05, 0.1) is 10.9 Å². The van der Waals surface area contributed by atoms with Crippen LogP contribution in [0, 0.1) is 0 Å². The first-order valence-electron chi connectivity index (χ1n) is 6.93. The summed E-state index contributed by atoms with van der Waals surface area (Å²) in [5.41, 5.74) is 1.36. The highest BCUT2D eigenvalue weighted by Crippen LogP contribution is 2.25. The Bertz CT molecular complexity index is 1070. The van der Waals surface area contributed by atoms with E-state index in [1.165, 1.54) is 0 Å². The molecule has 0 spiro atoms. The van der Waals surface area contributed by atoms with E-state index in [4.69, 9.17) is 0 Å². The number of rotatable bonds is 1. The van der Waals surface area contributed by atoms with Crippen molar-refractivity contribution in [1.29, 1.82) is 0 Å². The normalized spacial score (nSPS) is 11.1. The number of hydrogen-bond donors (Lipinski definition) is 2. The Hall–Kier alpha value is -3.14. The maximum atomic E-state index is 12.2. The van der Waals surface area contributed by atoms with E-state index in [1.807, 2.05) is 42.5 Å². The molecule has 0 amide bonds. The van der Waals surface area contributed by atoms with Gasteiger partial charge >= 0.3 is 0 Å². The summed E-state index contributed by atoms with van der Waals surface area (Å²) in [5, 5.41) is 12.0. The van der Waals surface area contributed by atoms with E-state index < -0.39 is 0 Å². The predicted molar refractivity (Wildman–Crippen MR) is 87.0 cm³/mol. The highest BCUT2D eigenvalue weighted by molar-refractivity contribution is 5.88. The van der Waals surface area contributed by atoms with Gasteiger partial charge in [-0.25, -0.2) is 4.98 Å². The summed E-state index contributed by atoms with van der Waals surface area (Å²) in [6.07, 6.45) is 0. The lowest BCUT2D eigenvalue weighted by Gasteiger charge is -2.05. The number of phenolic OH excluding ortho intramolecular Hbond substituents is 1. The van der Waals surface area contributed by atoms with Crippen LogP contribution in [0.2, 0.25) is 0 Å². The summed E-state index contributed by atoms with van der Waals surface area (Å²) in [4.78, 5) is 19.5. The molecular weight excluding hydrogens is 276 g/mol. The van der Waals surface area contributed by atoms with Crippen LogP contribution < -0.4 is 5.56 Å². The Labute approximate surface area is 125 Å². The first-order valence-corrected chi connectivity index (χ1v) is 6.93. The van der Waals surface area contributed by atoms with Crippen LogP contribution in [0.25, 0.3) is 33.1 Å². The van der Waals surface area contributed by atoms with Gasteiger partial charge in [-0.05, 0) is 41.1 Å². The van der Waals surface area contributed by atoms with Crippen molar-refractivity contribution in [2.24, 2.45) is 0 Å². The van der Waals surface area contributed by atoms with Crippen molar-refractivity contribution in [2.45, 2.75) is 0 Å². The largest absolute Gasteiger partial charge is 0.508 e. The van der Waals surface area contributed by atoms with Crippen molar-refractivity contribution >= 4 is 21.7 Å². The molecule has 0 saturated heterocycles. The van der Waals surface area contributed by atoms with Crippen LogP contribution in [0.1, 0.15) is 0 Å². The number of para-hydroxylation sites is 1. The maximum Gasteiger partial charge on any atom is 0.259 e. The van der Waals surface area contributed by atoms with Crippen molar-refractivity contribution in [3.05, 3.63) is 71.0 Å². The molecule has 4 heteroatoms. The standard InChI is InChI=1S/C18H12N2O2/c21-14-8-7-11-9-13(6-5-12(11)10-14)17-19-16-4-2-1-3-15(16)18(22)20-17/h1-10,21H,(H,19,20,22). The number of aromatic nitrogens is 2. The second-order valence-corrected chi connectivity index (χ2v) is 5.18. The topological polar surface area (TPSA) is 66.0 Å². The van der Waals surface area contributed by atoms with E-state index in [0.717, 1.165) is 16.3 Å².